The first-order chi connectivity index (χ1) is 55.0. The third-order valence-corrected chi connectivity index (χ3v) is 18.7. The number of nitrogens with one attached hydrogen (secondary N) is 3. The SMILES string of the molecule is CC(C)(F)C(=O)NCc1cnc(C(F)F)c(C(=O)Cc2ccc3c(c2)CN(c2ccc(C(F)(F)F)cc2)C3)c1.CC(C)(F)C(=O)NCc1cnc(C(F)F)c(C(=O)Cc2ccc3c(c2)CN(c2ccc(C(F)(F)F)cc2)C3)c1.CC(C)(F)C(=O)NCc1cnc(C(F)F)c(C(=O)O)c1.Nc1ccc2c(c1)CN(c1ccc(C(F)(F)F)cc1)C2. The maximum absolute atomic E-state index is 13.8. The number of aromatic carboxylic acids is 1. The van der Waals surface area contributed by atoms with Crippen LogP contribution in [0.2, 0.25) is 0 Å². The molecule has 3 aliphatic rings. The number of carboxylic acids is 1. The van der Waals surface area contributed by atoms with Crippen LogP contribution in [-0.4, -0.2) is 72.3 Å². The smallest absolute Gasteiger partial charge is 0.416 e. The summed E-state index contributed by atoms with van der Waals surface area (Å²) in [4.78, 5) is 88.5. The van der Waals surface area contributed by atoms with Crippen molar-refractivity contribution in [2.45, 2.75) is 168 Å². The first kappa shape index (κ1) is 89.9. The summed E-state index contributed by atoms with van der Waals surface area (Å²) in [6.07, 6.45) is -19.3. The number of carboxylic acid groups (broad SMARTS) is 1. The highest BCUT2D eigenvalue weighted by molar-refractivity contribution is 5.99. The highest BCUT2D eigenvalue weighted by Gasteiger charge is 2.36. The van der Waals surface area contributed by atoms with Gasteiger partial charge in [0, 0.05) is 124 Å². The molecule has 0 saturated heterocycles. The van der Waals surface area contributed by atoms with Gasteiger partial charge < -0.3 is 41.5 Å². The minimum atomic E-state index is -4.42. The fraction of sp³-hybridized carbons (Fsp3) is 0.313. The van der Waals surface area contributed by atoms with Crippen LogP contribution in [0.3, 0.4) is 0 Å². The average Bonchev–Trinajstić information content (AvgIpc) is 1.64. The fourth-order valence-corrected chi connectivity index (χ4v) is 12.4. The number of ketones is 2. The number of nitrogen functional groups attached to an aromatic ring is 1. The van der Waals surface area contributed by atoms with Crippen LogP contribution in [0.4, 0.5) is 102 Å². The predicted molar refractivity (Wildman–Crippen MR) is 399 cm³/mol. The Morgan fingerprint density at radius 1 is 0.364 bits per heavy atom. The molecule has 3 amide bonds. The van der Waals surface area contributed by atoms with Gasteiger partial charge in [-0.1, -0.05) is 42.5 Å². The molecule has 0 bridgehead atoms. The van der Waals surface area contributed by atoms with Crippen molar-refractivity contribution in [2.24, 2.45) is 0 Å². The number of rotatable bonds is 22. The summed E-state index contributed by atoms with van der Waals surface area (Å²) < 4.78 is 235. The van der Waals surface area contributed by atoms with E-state index in [9.17, 15) is 108 Å². The second-order valence-corrected chi connectivity index (χ2v) is 29.1. The normalized spacial score (nSPS) is 13.3. The number of benzene rings is 6. The Balaban J connectivity index is 0.000000188. The quantitative estimate of drug-likeness (QED) is 0.0241. The summed E-state index contributed by atoms with van der Waals surface area (Å²) in [6, 6.07) is 34.7. The maximum Gasteiger partial charge on any atom is 0.416 e. The Morgan fingerprint density at radius 2 is 0.627 bits per heavy atom. The van der Waals surface area contributed by atoms with E-state index in [2.05, 4.69) is 30.9 Å². The summed E-state index contributed by atoms with van der Waals surface area (Å²) in [6.45, 7) is 8.97. The first-order valence-electron chi connectivity index (χ1n) is 35.9. The largest absolute Gasteiger partial charge is 0.478 e. The number of carbonyl (C=O) groups excluding carboxylic acids is 5. The molecule has 0 saturated carbocycles. The predicted octanol–water partition coefficient (Wildman–Crippen LogP) is 18.6. The van der Waals surface area contributed by atoms with Crippen LogP contribution < -0.4 is 36.4 Å². The molecule has 3 aliphatic heterocycles. The number of carbonyl (C=O) groups is 6. The zero-order valence-electron chi connectivity index (χ0n) is 63.6. The topological polar surface area (TPSA) is 233 Å². The molecule has 626 valence electrons. The lowest BCUT2D eigenvalue weighted by Crippen LogP contribution is -2.38. The van der Waals surface area contributed by atoms with Gasteiger partial charge in [-0.25, -0.2) is 44.3 Å². The first-order valence-corrected chi connectivity index (χ1v) is 35.9. The van der Waals surface area contributed by atoms with E-state index in [0.29, 0.717) is 67.5 Å². The van der Waals surface area contributed by atoms with Crippen LogP contribution in [0.5, 0.6) is 0 Å². The van der Waals surface area contributed by atoms with Crippen LogP contribution in [-0.2, 0) is 105 Å². The minimum absolute atomic E-state index is 0.185. The van der Waals surface area contributed by atoms with Gasteiger partial charge in [-0.2, -0.15) is 39.5 Å². The Bertz CT molecular complexity index is 4930. The van der Waals surface area contributed by atoms with Gasteiger partial charge in [-0.3, -0.25) is 38.9 Å². The number of anilines is 4. The number of amides is 3. The van der Waals surface area contributed by atoms with E-state index in [1.807, 2.05) is 32.9 Å². The molecule has 6 aromatic carbocycles. The number of aromatic nitrogens is 3. The van der Waals surface area contributed by atoms with Gasteiger partial charge in [-0.15, -0.1) is 0 Å². The molecule has 6 N–H and O–H groups in total. The highest BCUT2D eigenvalue weighted by Crippen LogP contribution is 2.39. The molecule has 3 aromatic heterocycles. The molecule has 0 radical (unpaired) electrons. The molecular weight excluding hydrogens is 1590 g/mol. The molecule has 17 nitrogen and oxygen atoms in total. The van der Waals surface area contributed by atoms with E-state index < -0.39 is 129 Å². The van der Waals surface area contributed by atoms with Crippen molar-refractivity contribution in [1.29, 1.82) is 0 Å². The number of Topliss-reactive ketones (excluding diaryl/α,β-unsaturated/α-hetero) is 2. The number of nitrogens with two attached hydrogens (primary N) is 1. The second kappa shape index (κ2) is 36.6. The number of alkyl halides is 18. The Morgan fingerprint density at radius 3 is 0.898 bits per heavy atom. The minimum Gasteiger partial charge on any atom is -0.478 e. The molecule has 6 heterocycles. The van der Waals surface area contributed by atoms with Crippen molar-refractivity contribution < 1.29 is 113 Å². The lowest BCUT2D eigenvalue weighted by atomic mass is 9.98. The lowest BCUT2D eigenvalue weighted by molar-refractivity contribution is -0.138. The van der Waals surface area contributed by atoms with E-state index >= 15 is 0 Å². The number of nitrogens with zero attached hydrogens (tertiary/aromatic N) is 6. The molecule has 12 rings (SSSR count). The Hall–Kier alpha value is -12.1. The fourth-order valence-electron chi connectivity index (χ4n) is 12.4. The zero-order chi connectivity index (χ0) is 86.9. The summed E-state index contributed by atoms with van der Waals surface area (Å²) in [7, 11) is 0. The Labute approximate surface area is 663 Å². The number of hydrogen-bond acceptors (Lipinski definition) is 13. The van der Waals surface area contributed by atoms with Crippen LogP contribution in [0.1, 0.15) is 187 Å². The van der Waals surface area contributed by atoms with Crippen molar-refractivity contribution in [2.75, 3.05) is 20.4 Å². The summed E-state index contributed by atoms with van der Waals surface area (Å²) in [5.74, 6) is -5.43. The number of fused-ring (bicyclic) bond motifs is 3. The van der Waals surface area contributed by atoms with Crippen molar-refractivity contribution in [3.63, 3.8) is 0 Å². The van der Waals surface area contributed by atoms with E-state index in [1.165, 1.54) is 54.1 Å². The molecule has 0 atom stereocenters. The van der Waals surface area contributed by atoms with Gasteiger partial charge in [0.25, 0.3) is 37.0 Å². The third-order valence-electron chi connectivity index (χ3n) is 18.7. The Kier molecular flexibility index (Phi) is 27.9. The average molecular weight is 1670 g/mol. The van der Waals surface area contributed by atoms with Crippen LogP contribution in [0.15, 0.2) is 164 Å². The van der Waals surface area contributed by atoms with Gasteiger partial charge in [0.05, 0.1) is 22.3 Å². The van der Waals surface area contributed by atoms with E-state index in [-0.39, 0.29) is 60.3 Å². The molecule has 9 aromatic rings. The molecule has 0 aliphatic carbocycles. The number of hydrogen-bond donors (Lipinski definition) is 5. The van der Waals surface area contributed by atoms with Gasteiger partial charge in [0.15, 0.2) is 28.6 Å². The third kappa shape index (κ3) is 23.8. The molecule has 118 heavy (non-hydrogen) atoms. The summed E-state index contributed by atoms with van der Waals surface area (Å²) >= 11 is 0. The standard InChI is InChI=1S/2C28H25F6N3O2.C15H13F3N2.C12H13F3N2O3/c2*1-27(2,31)26(39)36-13-17-10-22(24(25(29)30)35-12-17)23(38)11-16-3-4-18-14-37(15-19(18)9-16)21-7-5-20(6-8-21)28(32,33)34;16-15(17,18)12-2-5-14(6-3-12)20-8-10-1-4-13(19)7-11(10)9-20;1-12(2,15)11(20)17-5-6-3-7(10(18)19)8(9(13)14)16-4-6/h2*3-10,12,25H,11,13-15H2,1-2H3,(H,36,39);1-7H,8-9,19H2;3-4,9H,5H2,1-2H3,(H,17,20)(H,18,19). The molecule has 0 fully saturated rings. The van der Waals surface area contributed by atoms with E-state index in [0.717, 1.165) is 136 Å². The number of pyridine rings is 3. The van der Waals surface area contributed by atoms with Crippen molar-refractivity contribution in [3.05, 3.63) is 276 Å². The van der Waals surface area contributed by atoms with Crippen LogP contribution in [0.25, 0.3) is 0 Å². The highest BCUT2D eigenvalue weighted by atomic mass is 19.4. The number of halogens is 18. The van der Waals surface area contributed by atoms with Crippen LogP contribution >= 0.6 is 0 Å². The van der Waals surface area contributed by atoms with Gasteiger partial charge >= 0.3 is 24.5 Å². The lowest BCUT2D eigenvalue weighted by Gasteiger charge is -2.18. The van der Waals surface area contributed by atoms with Crippen molar-refractivity contribution >= 4 is 58.0 Å². The summed E-state index contributed by atoms with van der Waals surface area (Å²) in [5.41, 5.74) is 4.35. The zero-order valence-corrected chi connectivity index (χ0v) is 63.6. The molecule has 0 spiro atoms. The molecular formula is C83H76F18N10O7. The van der Waals surface area contributed by atoms with Gasteiger partial charge in [0.2, 0.25) is 0 Å². The van der Waals surface area contributed by atoms with E-state index in [4.69, 9.17) is 10.8 Å². The monoisotopic (exact) mass is 1670 g/mol. The maximum atomic E-state index is 13.8. The van der Waals surface area contributed by atoms with Crippen molar-refractivity contribution in [1.82, 2.24) is 30.9 Å². The molecule has 0 unspecified atom stereocenters. The van der Waals surface area contributed by atoms with Gasteiger partial charge in [-0.05, 0) is 206 Å². The summed E-state index contributed by atoms with van der Waals surface area (Å²) in [5, 5.41) is 15.7. The van der Waals surface area contributed by atoms with Crippen LogP contribution in [0, 0.1) is 0 Å². The second-order valence-electron chi connectivity index (χ2n) is 29.1. The molecule has 35 heteroatoms. The van der Waals surface area contributed by atoms with E-state index in [1.54, 1.807) is 36.4 Å². The van der Waals surface area contributed by atoms with Crippen molar-refractivity contribution in [3.8, 4) is 0 Å². The van der Waals surface area contributed by atoms with Gasteiger partial charge in [0.1, 0.15) is 17.1 Å².